The van der Waals surface area contributed by atoms with Gasteiger partial charge < -0.3 is 9.47 Å². The predicted octanol–water partition coefficient (Wildman–Crippen LogP) is 6.28. The highest BCUT2D eigenvalue weighted by Gasteiger charge is 2.17. The average Bonchev–Trinajstić information content (AvgIpc) is 2.75. The van der Waals surface area contributed by atoms with E-state index >= 15 is 0 Å². The van der Waals surface area contributed by atoms with E-state index < -0.39 is 0 Å². The predicted molar refractivity (Wildman–Crippen MR) is 122 cm³/mol. The van der Waals surface area contributed by atoms with Crippen molar-refractivity contribution >= 4 is 25.3 Å². The molecule has 1 atom stereocenters. The van der Waals surface area contributed by atoms with Crippen molar-refractivity contribution in [3.63, 3.8) is 0 Å². The van der Waals surface area contributed by atoms with Gasteiger partial charge in [0.1, 0.15) is 23.1 Å². The van der Waals surface area contributed by atoms with Crippen LogP contribution >= 0.6 is 9.24 Å². The molecule has 0 fully saturated rings. The summed E-state index contributed by atoms with van der Waals surface area (Å²) in [5, 5.41) is 2.55. The van der Waals surface area contributed by atoms with Gasteiger partial charge in [-0.1, -0.05) is 17.7 Å². The molecule has 0 spiro atoms. The highest BCUT2D eigenvalue weighted by molar-refractivity contribution is 7.27. The third-order valence-corrected chi connectivity index (χ3v) is 5.53. The van der Waals surface area contributed by atoms with Gasteiger partial charge >= 0.3 is 0 Å². The van der Waals surface area contributed by atoms with E-state index in [0.29, 0.717) is 33.8 Å². The van der Waals surface area contributed by atoms with Gasteiger partial charge in [0.2, 0.25) is 0 Å². The lowest BCUT2D eigenvalue weighted by molar-refractivity contribution is 0.415. The molecule has 152 valence electrons. The van der Waals surface area contributed by atoms with E-state index in [2.05, 4.69) is 9.24 Å². The fourth-order valence-corrected chi connectivity index (χ4v) is 3.92. The molecule has 0 N–H and O–H groups in total. The second-order valence-corrected chi connectivity index (χ2v) is 7.84. The molecular formula is C25H21F2O2P. The Morgan fingerprint density at radius 1 is 0.633 bits per heavy atom. The van der Waals surface area contributed by atoms with E-state index in [0.717, 1.165) is 21.6 Å². The van der Waals surface area contributed by atoms with Gasteiger partial charge in [0.05, 0.1) is 14.2 Å². The zero-order valence-corrected chi connectivity index (χ0v) is 18.1. The summed E-state index contributed by atoms with van der Waals surface area (Å²) in [4.78, 5) is 0. The van der Waals surface area contributed by atoms with Gasteiger partial charge in [-0.2, -0.15) is 0 Å². The molecule has 0 radical (unpaired) electrons. The van der Waals surface area contributed by atoms with Crippen LogP contribution in [0.2, 0.25) is 0 Å². The number of methoxy groups -OCH3 is 2. The summed E-state index contributed by atoms with van der Waals surface area (Å²) in [5.41, 5.74) is 3.17. The largest absolute Gasteiger partial charge is 0.496 e. The summed E-state index contributed by atoms with van der Waals surface area (Å²) in [5.74, 6) is 0.437. The Labute approximate surface area is 176 Å². The number of hydrogen-bond acceptors (Lipinski definition) is 2. The van der Waals surface area contributed by atoms with E-state index in [1.54, 1.807) is 38.5 Å². The Morgan fingerprint density at radius 3 is 1.67 bits per heavy atom. The topological polar surface area (TPSA) is 18.5 Å². The number of ether oxygens (including phenoxy) is 2. The maximum atomic E-state index is 14.6. The molecule has 0 aliphatic rings. The van der Waals surface area contributed by atoms with Crippen LogP contribution < -0.4 is 14.8 Å². The molecule has 0 amide bonds. The van der Waals surface area contributed by atoms with Gasteiger partial charge in [-0.05, 0) is 71.5 Å². The minimum Gasteiger partial charge on any atom is -0.496 e. The number of aryl methyl sites for hydroxylation is 1. The van der Waals surface area contributed by atoms with Crippen molar-refractivity contribution in [2.45, 2.75) is 6.92 Å². The summed E-state index contributed by atoms with van der Waals surface area (Å²) >= 11 is 0. The minimum atomic E-state index is -0.329. The van der Waals surface area contributed by atoms with Crippen molar-refractivity contribution in [1.29, 1.82) is 0 Å². The maximum Gasteiger partial charge on any atom is 0.131 e. The zero-order valence-electron chi connectivity index (χ0n) is 16.9. The van der Waals surface area contributed by atoms with Crippen LogP contribution in [0.5, 0.6) is 11.5 Å². The van der Waals surface area contributed by atoms with Crippen LogP contribution in [0.1, 0.15) is 5.56 Å². The van der Waals surface area contributed by atoms with Crippen LogP contribution in [0.15, 0.2) is 60.7 Å². The lowest BCUT2D eigenvalue weighted by Crippen LogP contribution is -1.97. The van der Waals surface area contributed by atoms with Gasteiger partial charge in [-0.15, -0.1) is 9.24 Å². The fraction of sp³-hybridized carbons (Fsp3) is 0.120. The molecule has 30 heavy (non-hydrogen) atoms. The fourth-order valence-electron chi connectivity index (χ4n) is 3.66. The molecule has 0 aliphatic carbocycles. The molecule has 0 saturated heterocycles. The highest BCUT2D eigenvalue weighted by atomic mass is 31.0. The first-order chi connectivity index (χ1) is 14.4. The molecule has 4 aromatic carbocycles. The van der Waals surface area contributed by atoms with Crippen molar-refractivity contribution in [3.8, 4) is 33.8 Å². The molecular weight excluding hydrogens is 401 g/mol. The summed E-state index contributed by atoms with van der Waals surface area (Å²) in [7, 11) is 5.69. The van der Waals surface area contributed by atoms with Crippen LogP contribution in [-0.4, -0.2) is 14.2 Å². The van der Waals surface area contributed by atoms with Gasteiger partial charge in [0, 0.05) is 22.3 Å². The second kappa shape index (κ2) is 8.04. The van der Waals surface area contributed by atoms with E-state index in [4.69, 9.17) is 9.47 Å². The van der Waals surface area contributed by atoms with E-state index in [-0.39, 0.29) is 11.6 Å². The van der Waals surface area contributed by atoms with Crippen LogP contribution in [0, 0.1) is 18.6 Å². The monoisotopic (exact) mass is 422 g/mol. The summed E-state index contributed by atoms with van der Waals surface area (Å²) in [6.07, 6.45) is 0. The third-order valence-electron chi connectivity index (χ3n) is 5.17. The van der Waals surface area contributed by atoms with E-state index in [9.17, 15) is 8.78 Å². The van der Waals surface area contributed by atoms with E-state index in [1.807, 2.05) is 31.2 Å². The molecule has 0 aliphatic heterocycles. The molecule has 2 nitrogen and oxygen atoms in total. The SMILES string of the molecule is COc1cc2cc(-c3cc(P)ccc3F)c(OC)cc2cc1-c1cc(C)ccc1F. The second-order valence-electron chi connectivity index (χ2n) is 7.17. The summed E-state index contributed by atoms with van der Waals surface area (Å²) < 4.78 is 40.3. The van der Waals surface area contributed by atoms with Crippen molar-refractivity contribution < 1.29 is 18.3 Å². The molecule has 1 unspecified atom stereocenters. The van der Waals surface area contributed by atoms with Crippen LogP contribution in [0.25, 0.3) is 33.0 Å². The quantitative estimate of drug-likeness (QED) is 0.361. The Hall–Kier alpha value is -2.97. The molecule has 4 rings (SSSR count). The Balaban J connectivity index is 1.98. The minimum absolute atomic E-state index is 0.318. The van der Waals surface area contributed by atoms with Crippen molar-refractivity contribution in [1.82, 2.24) is 0 Å². The molecule has 0 aromatic heterocycles. The molecule has 0 heterocycles. The number of benzene rings is 4. The smallest absolute Gasteiger partial charge is 0.131 e. The lowest BCUT2D eigenvalue weighted by atomic mass is 9.95. The first-order valence-corrected chi connectivity index (χ1v) is 10.0. The van der Waals surface area contributed by atoms with Gasteiger partial charge in [0.25, 0.3) is 0 Å². The lowest BCUT2D eigenvalue weighted by Gasteiger charge is -2.16. The van der Waals surface area contributed by atoms with Crippen molar-refractivity contribution in [2.75, 3.05) is 14.2 Å². The van der Waals surface area contributed by atoms with Crippen molar-refractivity contribution in [3.05, 3.63) is 77.9 Å². The van der Waals surface area contributed by atoms with Gasteiger partial charge in [0.15, 0.2) is 0 Å². The number of hydrogen-bond donors (Lipinski definition) is 0. The first-order valence-electron chi connectivity index (χ1n) is 9.43. The standard InChI is InChI=1S/C25H21F2O2P/c1-14-4-6-22(26)18(8-14)20-9-15-12-25(29-3)21(10-16(15)11-24(20)28-2)19-13-17(30)5-7-23(19)27/h4-13H,30H2,1-3H3. The van der Waals surface area contributed by atoms with Gasteiger partial charge in [-0.25, -0.2) is 8.78 Å². The van der Waals surface area contributed by atoms with Gasteiger partial charge in [-0.3, -0.25) is 0 Å². The van der Waals surface area contributed by atoms with Crippen LogP contribution in [0.3, 0.4) is 0 Å². The highest BCUT2D eigenvalue weighted by Crippen LogP contribution is 2.40. The number of halogens is 2. The normalized spacial score (nSPS) is 11.0. The average molecular weight is 422 g/mol. The Morgan fingerprint density at radius 2 is 1.13 bits per heavy atom. The third kappa shape index (κ3) is 3.64. The Kier molecular flexibility index (Phi) is 5.44. The Bertz CT molecular complexity index is 1170. The zero-order chi connectivity index (χ0) is 21.4. The first kappa shape index (κ1) is 20.3. The molecule has 0 saturated carbocycles. The van der Waals surface area contributed by atoms with Crippen LogP contribution in [-0.2, 0) is 0 Å². The molecule has 4 aromatic rings. The van der Waals surface area contributed by atoms with Crippen molar-refractivity contribution in [2.24, 2.45) is 0 Å². The van der Waals surface area contributed by atoms with E-state index in [1.165, 1.54) is 12.1 Å². The summed E-state index contributed by atoms with van der Waals surface area (Å²) in [6, 6.07) is 17.3. The number of rotatable bonds is 4. The van der Waals surface area contributed by atoms with Crippen LogP contribution in [0.4, 0.5) is 8.78 Å². The summed E-state index contributed by atoms with van der Waals surface area (Å²) in [6.45, 7) is 1.92. The number of fused-ring (bicyclic) bond motifs is 1. The molecule has 5 heteroatoms. The molecule has 0 bridgehead atoms. The maximum absolute atomic E-state index is 14.6.